The molecule has 0 spiro atoms. The van der Waals surface area contributed by atoms with E-state index in [0.717, 1.165) is 19.3 Å². The van der Waals surface area contributed by atoms with Crippen LogP contribution in [0.25, 0.3) is 43.1 Å². The Morgan fingerprint density at radius 2 is 0.818 bits per heavy atom. The molecular weight excluding hydrogens is 558 g/mol. The second-order valence-electron chi connectivity index (χ2n) is 11.5. The number of unbranched alkanes of at least 4 members (excludes halogenated alkanes) is 9. The average Bonchev–Trinajstić information content (AvgIpc) is 3.01. The van der Waals surface area contributed by atoms with Gasteiger partial charge in [0.15, 0.2) is 0 Å². The molecule has 0 aliphatic carbocycles. The predicted molar refractivity (Wildman–Crippen MR) is 173 cm³/mol. The lowest BCUT2D eigenvalue weighted by atomic mass is 9.84. The molecule has 0 aromatic heterocycles. The van der Waals surface area contributed by atoms with Gasteiger partial charge in [-0.2, -0.15) is 0 Å². The molecule has 0 saturated carbocycles. The molecule has 4 N–H and O–H groups in total. The number of hydrogen-bond acceptors (Lipinski definition) is 4. The molecular formula is C36H37NO7. The summed E-state index contributed by atoms with van der Waals surface area (Å²) in [5.41, 5.74) is -0.0292. The minimum Gasteiger partial charge on any atom is -0.478 e. The third-order valence-electron chi connectivity index (χ3n) is 8.65. The van der Waals surface area contributed by atoms with Crippen LogP contribution in [0.1, 0.15) is 113 Å². The number of carboxylic acids is 3. The average molecular weight is 596 g/mol. The van der Waals surface area contributed by atoms with Crippen molar-refractivity contribution in [1.82, 2.24) is 5.32 Å². The Balaban J connectivity index is 1.49. The van der Waals surface area contributed by atoms with E-state index in [2.05, 4.69) is 12.2 Å². The van der Waals surface area contributed by atoms with Crippen LogP contribution in [-0.4, -0.2) is 45.7 Å². The van der Waals surface area contributed by atoms with E-state index in [1.165, 1.54) is 63.1 Å². The van der Waals surface area contributed by atoms with Gasteiger partial charge in [0, 0.05) is 22.9 Å². The van der Waals surface area contributed by atoms with Crippen molar-refractivity contribution in [3.63, 3.8) is 0 Å². The summed E-state index contributed by atoms with van der Waals surface area (Å²) in [6.45, 7) is 2.70. The van der Waals surface area contributed by atoms with Gasteiger partial charge in [-0.15, -0.1) is 0 Å². The van der Waals surface area contributed by atoms with Crippen LogP contribution >= 0.6 is 0 Å². The Bertz CT molecular complexity index is 1820. The maximum absolute atomic E-state index is 13.5. The molecule has 5 aromatic rings. The molecule has 0 aliphatic rings. The van der Waals surface area contributed by atoms with Gasteiger partial charge in [-0.25, -0.2) is 14.4 Å². The number of aromatic carboxylic acids is 3. The summed E-state index contributed by atoms with van der Waals surface area (Å²) in [5, 5.41) is 36.7. The van der Waals surface area contributed by atoms with Gasteiger partial charge in [-0.1, -0.05) is 89.0 Å². The van der Waals surface area contributed by atoms with Crippen molar-refractivity contribution in [2.45, 2.75) is 71.1 Å². The van der Waals surface area contributed by atoms with E-state index >= 15 is 0 Å². The van der Waals surface area contributed by atoms with E-state index < -0.39 is 17.9 Å². The summed E-state index contributed by atoms with van der Waals surface area (Å²) in [4.78, 5) is 50.1. The summed E-state index contributed by atoms with van der Waals surface area (Å²) in [5.74, 6) is -4.02. The first-order chi connectivity index (χ1) is 21.3. The van der Waals surface area contributed by atoms with Gasteiger partial charge < -0.3 is 20.6 Å². The first kappa shape index (κ1) is 30.7. The molecule has 0 unspecified atom stereocenters. The summed E-state index contributed by atoms with van der Waals surface area (Å²) in [7, 11) is 0. The van der Waals surface area contributed by atoms with E-state index in [1.54, 1.807) is 30.3 Å². The van der Waals surface area contributed by atoms with Crippen molar-refractivity contribution < 1.29 is 34.5 Å². The molecule has 8 heteroatoms. The SMILES string of the molecule is CCCCCCCCCCCCNC(=O)c1ccc2c3ccc(C(=O)O)c4c(C(=O)O)ccc(c5ccc(C(=O)O)c1c52)c43. The molecule has 44 heavy (non-hydrogen) atoms. The van der Waals surface area contributed by atoms with Gasteiger partial charge in [0.1, 0.15) is 0 Å². The Hall–Kier alpha value is -4.72. The lowest BCUT2D eigenvalue weighted by Gasteiger charge is -2.19. The Morgan fingerprint density at radius 1 is 0.477 bits per heavy atom. The van der Waals surface area contributed by atoms with Gasteiger partial charge in [-0.05, 0) is 63.0 Å². The van der Waals surface area contributed by atoms with E-state index in [4.69, 9.17) is 0 Å². The van der Waals surface area contributed by atoms with Gasteiger partial charge >= 0.3 is 17.9 Å². The molecule has 0 radical (unpaired) electrons. The zero-order valence-electron chi connectivity index (χ0n) is 24.9. The van der Waals surface area contributed by atoms with Crippen LogP contribution < -0.4 is 5.32 Å². The smallest absolute Gasteiger partial charge is 0.336 e. The van der Waals surface area contributed by atoms with Gasteiger partial charge in [0.2, 0.25) is 0 Å². The van der Waals surface area contributed by atoms with Crippen LogP contribution in [-0.2, 0) is 0 Å². The van der Waals surface area contributed by atoms with Crippen molar-refractivity contribution in [2.75, 3.05) is 6.54 Å². The lowest BCUT2D eigenvalue weighted by molar-refractivity contribution is 0.0685. The third-order valence-corrected chi connectivity index (χ3v) is 8.65. The fourth-order valence-corrected chi connectivity index (χ4v) is 6.52. The minimum atomic E-state index is -1.25. The number of hydrogen-bond donors (Lipinski definition) is 4. The van der Waals surface area contributed by atoms with Crippen LogP contribution in [0.15, 0.2) is 48.5 Å². The van der Waals surface area contributed by atoms with Crippen molar-refractivity contribution in [1.29, 1.82) is 0 Å². The number of amides is 1. The zero-order chi connectivity index (χ0) is 31.4. The minimum absolute atomic E-state index is 0.0151. The maximum Gasteiger partial charge on any atom is 0.336 e. The van der Waals surface area contributed by atoms with E-state index in [-0.39, 0.29) is 33.5 Å². The molecule has 0 heterocycles. The second-order valence-corrected chi connectivity index (χ2v) is 11.5. The number of carboxylic acid groups (broad SMARTS) is 3. The van der Waals surface area contributed by atoms with Crippen LogP contribution in [0, 0.1) is 0 Å². The number of nitrogens with one attached hydrogen (secondary N) is 1. The monoisotopic (exact) mass is 595 g/mol. The number of rotatable bonds is 15. The molecule has 0 bridgehead atoms. The molecule has 5 aromatic carbocycles. The summed E-state index contributed by atoms with van der Waals surface area (Å²) in [6, 6.07) is 12.4. The fraction of sp³-hybridized carbons (Fsp3) is 0.333. The zero-order valence-corrected chi connectivity index (χ0v) is 24.9. The molecule has 0 fully saturated rings. The second kappa shape index (κ2) is 13.3. The van der Waals surface area contributed by atoms with Crippen molar-refractivity contribution in [2.24, 2.45) is 0 Å². The van der Waals surface area contributed by atoms with Gasteiger partial charge in [0.05, 0.1) is 16.7 Å². The molecule has 0 atom stereocenters. The van der Waals surface area contributed by atoms with Gasteiger partial charge in [0.25, 0.3) is 5.91 Å². The molecule has 228 valence electrons. The topological polar surface area (TPSA) is 141 Å². The fourth-order valence-electron chi connectivity index (χ4n) is 6.52. The number of carbonyl (C=O) groups excluding carboxylic acids is 1. The highest BCUT2D eigenvalue weighted by Gasteiger charge is 2.25. The number of benzene rings is 5. The molecule has 0 saturated heterocycles. The predicted octanol–water partition coefficient (Wildman–Crippen LogP) is 8.48. The van der Waals surface area contributed by atoms with Crippen LogP contribution in [0.2, 0.25) is 0 Å². The normalized spacial score (nSPS) is 11.6. The van der Waals surface area contributed by atoms with Crippen molar-refractivity contribution >= 4 is 66.9 Å². The maximum atomic E-state index is 13.5. The van der Waals surface area contributed by atoms with Crippen molar-refractivity contribution in [3.05, 3.63) is 70.8 Å². The molecule has 0 aliphatic heterocycles. The Kier molecular flexibility index (Phi) is 9.28. The van der Waals surface area contributed by atoms with Gasteiger partial charge in [-0.3, -0.25) is 4.79 Å². The van der Waals surface area contributed by atoms with Crippen LogP contribution in [0.3, 0.4) is 0 Å². The summed E-state index contributed by atoms with van der Waals surface area (Å²) >= 11 is 0. The highest BCUT2D eigenvalue weighted by atomic mass is 16.4. The number of carbonyl (C=O) groups is 4. The third kappa shape index (κ3) is 5.76. The quantitative estimate of drug-likeness (QED) is 0.0540. The first-order valence-corrected chi connectivity index (χ1v) is 15.4. The van der Waals surface area contributed by atoms with Crippen LogP contribution in [0.5, 0.6) is 0 Å². The van der Waals surface area contributed by atoms with Crippen LogP contribution in [0.4, 0.5) is 0 Å². The standard InChI is InChI=1S/C36H37NO7/c1-2-3-4-5-6-7-8-9-10-11-20-37-33(38)25-16-12-21-23-14-18-27(35(41)42)32-28(36(43)44)19-15-24(30(23)32)22-13-17-26(34(39)40)31(25)29(21)22/h12-19H,2-11,20H2,1H3,(H,37,38)(H,39,40)(H,41,42)(H,43,44). The van der Waals surface area contributed by atoms with E-state index in [0.29, 0.717) is 44.2 Å². The summed E-state index contributed by atoms with van der Waals surface area (Å²) in [6.07, 6.45) is 11.8. The van der Waals surface area contributed by atoms with E-state index in [9.17, 15) is 34.5 Å². The summed E-state index contributed by atoms with van der Waals surface area (Å²) < 4.78 is 0. The Morgan fingerprint density at radius 3 is 1.20 bits per heavy atom. The van der Waals surface area contributed by atoms with E-state index in [1.807, 2.05) is 0 Å². The highest BCUT2D eigenvalue weighted by Crippen LogP contribution is 2.44. The highest BCUT2D eigenvalue weighted by molar-refractivity contribution is 6.38. The molecule has 5 rings (SSSR count). The largest absolute Gasteiger partial charge is 0.478 e. The lowest BCUT2D eigenvalue weighted by Crippen LogP contribution is -2.25. The molecule has 1 amide bonds. The first-order valence-electron chi connectivity index (χ1n) is 15.4. The molecule has 8 nitrogen and oxygen atoms in total. The number of fused-ring (bicyclic) bond motifs is 2. The Labute approximate surface area is 255 Å². The van der Waals surface area contributed by atoms with Crippen molar-refractivity contribution in [3.8, 4) is 0 Å².